The highest BCUT2D eigenvalue weighted by atomic mass is 16.5. The Labute approximate surface area is 116 Å². The lowest BCUT2D eigenvalue weighted by molar-refractivity contribution is 0.0543. The molecule has 0 aliphatic heterocycles. The number of ether oxygens (including phenoxy) is 1. The second kappa shape index (κ2) is 7.04. The minimum atomic E-state index is -0.369. The van der Waals surface area contributed by atoms with E-state index in [1.165, 1.54) is 5.56 Å². The van der Waals surface area contributed by atoms with Gasteiger partial charge in [-0.1, -0.05) is 24.3 Å². The number of benzene rings is 1. The lowest BCUT2D eigenvalue weighted by atomic mass is 9.98. The average Bonchev–Trinajstić information content (AvgIpc) is 2.59. The maximum atomic E-state index is 10.7. The highest BCUT2D eigenvalue weighted by molar-refractivity contribution is 5.31. The van der Waals surface area contributed by atoms with Crippen LogP contribution in [0.2, 0.25) is 0 Å². The predicted octanol–water partition coefficient (Wildman–Crippen LogP) is 2.39. The third-order valence-electron chi connectivity index (χ3n) is 4.11. The molecule has 1 aliphatic rings. The number of hydrogen-bond donors (Lipinski definition) is 1. The van der Waals surface area contributed by atoms with Crippen LogP contribution in [0, 0.1) is 0 Å². The predicted molar refractivity (Wildman–Crippen MR) is 77.3 cm³/mol. The summed E-state index contributed by atoms with van der Waals surface area (Å²) >= 11 is 0. The van der Waals surface area contributed by atoms with Gasteiger partial charge in [0.15, 0.2) is 0 Å². The number of hydrogen-bond acceptors (Lipinski definition) is 3. The van der Waals surface area contributed by atoms with E-state index in [0.717, 1.165) is 44.4 Å². The first-order chi connectivity index (χ1) is 9.24. The molecule has 0 radical (unpaired) electrons. The molecule has 1 aromatic rings. The van der Waals surface area contributed by atoms with Crippen molar-refractivity contribution in [3.8, 4) is 0 Å². The lowest BCUT2D eigenvalue weighted by Crippen LogP contribution is -2.37. The third kappa shape index (κ3) is 3.56. The van der Waals surface area contributed by atoms with Gasteiger partial charge in [-0.3, -0.25) is 0 Å². The first-order valence-electron chi connectivity index (χ1n) is 7.19. The van der Waals surface area contributed by atoms with E-state index < -0.39 is 0 Å². The molecule has 2 rings (SSSR count). The minimum absolute atomic E-state index is 0.223. The third-order valence-corrected chi connectivity index (χ3v) is 4.11. The van der Waals surface area contributed by atoms with E-state index in [2.05, 4.69) is 30.1 Å². The van der Waals surface area contributed by atoms with Crippen LogP contribution in [0.5, 0.6) is 0 Å². The second-order valence-corrected chi connectivity index (χ2v) is 5.43. The van der Waals surface area contributed by atoms with E-state index in [0.29, 0.717) is 0 Å². The molecule has 0 saturated heterocycles. The summed E-state index contributed by atoms with van der Waals surface area (Å²) in [6.45, 7) is 1.75. The fourth-order valence-corrected chi connectivity index (χ4v) is 3.00. The molecule has 0 aromatic heterocycles. The fraction of sp³-hybridized carbons (Fsp3) is 0.625. The zero-order valence-electron chi connectivity index (χ0n) is 12.0. The van der Waals surface area contributed by atoms with Crippen molar-refractivity contribution in [2.75, 3.05) is 27.3 Å². The molecule has 1 N–H and O–H groups in total. The van der Waals surface area contributed by atoms with E-state index in [9.17, 15) is 5.11 Å². The molecule has 0 spiro atoms. The topological polar surface area (TPSA) is 32.7 Å². The number of aryl methyl sites for hydroxylation is 1. The van der Waals surface area contributed by atoms with Gasteiger partial charge in [0.2, 0.25) is 0 Å². The largest absolute Gasteiger partial charge is 0.387 e. The molecule has 0 bridgehead atoms. The minimum Gasteiger partial charge on any atom is -0.387 e. The quantitative estimate of drug-likeness (QED) is 0.654. The van der Waals surface area contributed by atoms with E-state index in [4.69, 9.17) is 4.74 Å². The number of aliphatic hydroxyl groups is 1. The van der Waals surface area contributed by atoms with Gasteiger partial charge in [0.05, 0.1) is 6.10 Å². The van der Waals surface area contributed by atoms with Crippen LogP contribution >= 0.6 is 0 Å². The molecule has 3 heteroatoms. The first kappa shape index (κ1) is 14.5. The summed E-state index contributed by atoms with van der Waals surface area (Å²) < 4.78 is 5.10. The Morgan fingerprint density at radius 3 is 2.95 bits per heavy atom. The molecule has 19 heavy (non-hydrogen) atoms. The van der Waals surface area contributed by atoms with Crippen molar-refractivity contribution in [1.82, 2.24) is 4.90 Å². The molecule has 106 valence electrons. The van der Waals surface area contributed by atoms with Gasteiger partial charge in [-0.05, 0) is 43.9 Å². The average molecular weight is 263 g/mol. The maximum absolute atomic E-state index is 10.7. The van der Waals surface area contributed by atoms with E-state index in [-0.39, 0.29) is 12.1 Å². The smallest absolute Gasteiger partial charge is 0.0947 e. The number of rotatable bonds is 5. The van der Waals surface area contributed by atoms with Crippen molar-refractivity contribution in [3.63, 3.8) is 0 Å². The molecule has 0 fully saturated rings. The van der Waals surface area contributed by atoms with Crippen LogP contribution in [0.15, 0.2) is 24.3 Å². The fourth-order valence-electron chi connectivity index (χ4n) is 3.00. The van der Waals surface area contributed by atoms with Crippen LogP contribution in [0.3, 0.4) is 0 Å². The van der Waals surface area contributed by atoms with Crippen LogP contribution in [-0.2, 0) is 11.2 Å². The van der Waals surface area contributed by atoms with Gasteiger partial charge in [-0.2, -0.15) is 0 Å². The number of likely N-dealkylation sites (N-methyl/N-ethyl adjacent to an activating group) is 1. The molecule has 0 amide bonds. The zero-order chi connectivity index (χ0) is 13.7. The monoisotopic (exact) mass is 263 g/mol. The molecule has 0 heterocycles. The second-order valence-electron chi connectivity index (χ2n) is 5.43. The van der Waals surface area contributed by atoms with Crippen molar-refractivity contribution >= 4 is 0 Å². The van der Waals surface area contributed by atoms with Crippen LogP contribution < -0.4 is 0 Å². The highest BCUT2D eigenvalue weighted by Crippen LogP contribution is 2.31. The van der Waals surface area contributed by atoms with Crippen molar-refractivity contribution in [1.29, 1.82) is 0 Å². The van der Waals surface area contributed by atoms with E-state index >= 15 is 0 Å². The highest BCUT2D eigenvalue weighted by Gasteiger charge is 2.28. The summed E-state index contributed by atoms with van der Waals surface area (Å²) in [5.41, 5.74) is 2.42. The Balaban J connectivity index is 2.06. The summed E-state index contributed by atoms with van der Waals surface area (Å²) in [6.07, 6.45) is 3.92. The van der Waals surface area contributed by atoms with Gasteiger partial charge in [-0.25, -0.2) is 0 Å². The van der Waals surface area contributed by atoms with Crippen molar-refractivity contribution < 1.29 is 9.84 Å². The van der Waals surface area contributed by atoms with Crippen LogP contribution in [0.1, 0.15) is 36.5 Å². The molecule has 1 aliphatic carbocycles. The Kier molecular flexibility index (Phi) is 5.37. The van der Waals surface area contributed by atoms with Gasteiger partial charge in [0.1, 0.15) is 0 Å². The Bertz CT molecular complexity index is 394. The number of methoxy groups -OCH3 is 1. The molecular weight excluding hydrogens is 238 g/mol. The summed E-state index contributed by atoms with van der Waals surface area (Å²) in [4.78, 5) is 2.28. The lowest BCUT2D eigenvalue weighted by Gasteiger charge is -2.31. The van der Waals surface area contributed by atoms with Gasteiger partial charge in [0.25, 0.3) is 0 Å². The normalized spacial score (nSPS) is 23.2. The van der Waals surface area contributed by atoms with Crippen molar-refractivity contribution in [2.24, 2.45) is 0 Å². The molecule has 3 nitrogen and oxygen atoms in total. The maximum Gasteiger partial charge on any atom is 0.0947 e. The van der Waals surface area contributed by atoms with E-state index in [1.807, 2.05) is 6.07 Å². The van der Waals surface area contributed by atoms with Gasteiger partial charge in [-0.15, -0.1) is 0 Å². The van der Waals surface area contributed by atoms with Crippen molar-refractivity contribution in [3.05, 3.63) is 35.4 Å². The van der Waals surface area contributed by atoms with Gasteiger partial charge in [0, 0.05) is 26.3 Å². The molecular formula is C16H25NO2. The van der Waals surface area contributed by atoms with Crippen molar-refractivity contribution in [2.45, 2.75) is 37.8 Å². The number of aliphatic hydroxyl groups excluding tert-OH is 1. The Morgan fingerprint density at radius 1 is 1.37 bits per heavy atom. The summed E-state index contributed by atoms with van der Waals surface area (Å²) in [5.74, 6) is 0. The molecule has 0 saturated carbocycles. The summed E-state index contributed by atoms with van der Waals surface area (Å²) in [5, 5.41) is 10.7. The van der Waals surface area contributed by atoms with Crippen LogP contribution in [-0.4, -0.2) is 43.4 Å². The first-order valence-corrected chi connectivity index (χ1v) is 7.19. The number of fused-ring (bicyclic) bond motifs is 1. The molecule has 2 unspecified atom stereocenters. The standard InChI is InChI=1S/C16H25NO2/c1-17(11-6-12-19-2)15-10-5-8-13-7-3-4-9-14(13)16(15)18/h3-4,7,9,15-16,18H,5-6,8,10-12H2,1-2H3. The van der Waals surface area contributed by atoms with Crippen LogP contribution in [0.4, 0.5) is 0 Å². The molecule has 2 atom stereocenters. The summed E-state index contributed by atoms with van der Waals surface area (Å²) in [7, 11) is 3.84. The van der Waals surface area contributed by atoms with Crippen LogP contribution in [0.25, 0.3) is 0 Å². The summed E-state index contributed by atoms with van der Waals surface area (Å²) in [6, 6.07) is 8.52. The SMILES string of the molecule is COCCCN(C)C1CCCc2ccccc2C1O. The Hall–Kier alpha value is -0.900. The Morgan fingerprint density at radius 2 is 2.16 bits per heavy atom. The van der Waals surface area contributed by atoms with Gasteiger partial charge < -0.3 is 14.7 Å². The molecule has 1 aromatic carbocycles. The number of nitrogens with zero attached hydrogens (tertiary/aromatic N) is 1. The van der Waals surface area contributed by atoms with E-state index in [1.54, 1.807) is 7.11 Å². The zero-order valence-corrected chi connectivity index (χ0v) is 12.0. The van der Waals surface area contributed by atoms with Gasteiger partial charge >= 0.3 is 0 Å².